The van der Waals surface area contributed by atoms with Crippen LogP contribution >= 0.6 is 0 Å². The summed E-state index contributed by atoms with van der Waals surface area (Å²) in [4.78, 5) is 12.2. The van der Waals surface area contributed by atoms with Crippen molar-refractivity contribution in [3.05, 3.63) is 96.1 Å². The lowest BCUT2D eigenvalue weighted by Gasteiger charge is -2.09. The number of sulfonamides is 1. The minimum absolute atomic E-state index is 0.00316. The highest BCUT2D eigenvalue weighted by atomic mass is 32.2. The van der Waals surface area contributed by atoms with E-state index in [1.54, 1.807) is 12.1 Å². The lowest BCUT2D eigenvalue weighted by Crippen LogP contribution is -2.23. The number of para-hydroxylation sites is 1. The van der Waals surface area contributed by atoms with Crippen molar-refractivity contribution in [3.8, 4) is 5.75 Å². The molecule has 0 unspecified atom stereocenters. The maximum absolute atomic E-state index is 12.5. The number of nitrogens with one attached hydrogen (secondary N) is 1. The molecule has 0 spiro atoms. The van der Waals surface area contributed by atoms with E-state index in [9.17, 15) is 13.2 Å². The Bertz CT molecular complexity index is 1040. The summed E-state index contributed by atoms with van der Waals surface area (Å²) in [6, 6.07) is 24.1. The Morgan fingerprint density at radius 3 is 2.24 bits per heavy atom. The van der Waals surface area contributed by atoms with E-state index in [-0.39, 0.29) is 30.2 Å². The topological polar surface area (TPSA) is 81.7 Å². The van der Waals surface area contributed by atoms with Gasteiger partial charge in [0.25, 0.3) is 0 Å². The molecule has 3 aromatic carbocycles. The normalized spacial score (nSPS) is 11.0. The first-order valence-electron chi connectivity index (χ1n) is 9.03. The third-order valence-electron chi connectivity index (χ3n) is 4.02. The molecule has 0 aromatic heterocycles. The van der Waals surface area contributed by atoms with Gasteiger partial charge in [-0.3, -0.25) is 0 Å². The van der Waals surface area contributed by atoms with Crippen LogP contribution in [0, 0.1) is 0 Å². The standard InChI is InChI=1S/C22H21NO5S/c24-22(28-15-14-27-20-11-5-2-6-12-20)19-10-7-13-21(16-19)29(25,26)23-17-18-8-3-1-4-9-18/h1-13,16,23H,14-15,17H2. The van der Waals surface area contributed by atoms with E-state index in [0.717, 1.165) is 5.56 Å². The van der Waals surface area contributed by atoms with Crippen LogP contribution in [-0.4, -0.2) is 27.6 Å². The van der Waals surface area contributed by atoms with Crippen molar-refractivity contribution in [2.45, 2.75) is 11.4 Å². The highest BCUT2D eigenvalue weighted by Gasteiger charge is 2.16. The Morgan fingerprint density at radius 1 is 0.828 bits per heavy atom. The number of rotatable bonds is 9. The number of hydrogen-bond donors (Lipinski definition) is 1. The second-order valence-corrected chi connectivity index (χ2v) is 7.90. The Balaban J connectivity index is 1.55. The summed E-state index contributed by atoms with van der Waals surface area (Å²) in [5.74, 6) is 0.0721. The summed E-state index contributed by atoms with van der Waals surface area (Å²) in [6.07, 6.45) is 0. The molecule has 3 rings (SSSR count). The molecule has 3 aromatic rings. The average Bonchev–Trinajstić information content (AvgIpc) is 2.77. The number of benzene rings is 3. The molecule has 0 radical (unpaired) electrons. The fourth-order valence-corrected chi connectivity index (χ4v) is 3.60. The summed E-state index contributed by atoms with van der Waals surface area (Å²) in [7, 11) is -3.76. The van der Waals surface area contributed by atoms with Gasteiger partial charge < -0.3 is 9.47 Å². The van der Waals surface area contributed by atoms with Crippen LogP contribution in [-0.2, 0) is 21.3 Å². The van der Waals surface area contributed by atoms with E-state index in [1.807, 2.05) is 48.5 Å². The number of carbonyl (C=O) groups is 1. The van der Waals surface area contributed by atoms with Crippen molar-refractivity contribution in [3.63, 3.8) is 0 Å². The molecule has 0 heterocycles. The van der Waals surface area contributed by atoms with E-state index in [4.69, 9.17) is 9.47 Å². The zero-order valence-corrected chi connectivity index (χ0v) is 16.5. The van der Waals surface area contributed by atoms with Gasteiger partial charge in [0.15, 0.2) is 0 Å². The number of esters is 1. The average molecular weight is 411 g/mol. The zero-order valence-electron chi connectivity index (χ0n) is 15.7. The van der Waals surface area contributed by atoms with Crippen LogP contribution in [0.1, 0.15) is 15.9 Å². The van der Waals surface area contributed by atoms with E-state index >= 15 is 0 Å². The lowest BCUT2D eigenvalue weighted by atomic mass is 10.2. The van der Waals surface area contributed by atoms with Crippen LogP contribution < -0.4 is 9.46 Å². The maximum Gasteiger partial charge on any atom is 0.338 e. The van der Waals surface area contributed by atoms with Crippen molar-refractivity contribution in [1.82, 2.24) is 4.72 Å². The summed E-state index contributed by atoms with van der Waals surface area (Å²) in [6.45, 7) is 0.415. The van der Waals surface area contributed by atoms with Crippen molar-refractivity contribution in [1.29, 1.82) is 0 Å². The maximum atomic E-state index is 12.5. The van der Waals surface area contributed by atoms with Gasteiger partial charge in [-0.25, -0.2) is 17.9 Å². The van der Waals surface area contributed by atoms with E-state index < -0.39 is 16.0 Å². The summed E-state index contributed by atoms with van der Waals surface area (Å²) in [5, 5.41) is 0. The second kappa shape index (κ2) is 9.86. The smallest absolute Gasteiger partial charge is 0.338 e. The van der Waals surface area contributed by atoms with Crippen molar-refractivity contribution in [2.24, 2.45) is 0 Å². The fourth-order valence-electron chi connectivity index (χ4n) is 2.54. The SMILES string of the molecule is O=C(OCCOc1ccccc1)c1cccc(S(=O)(=O)NCc2ccccc2)c1. The molecular formula is C22H21NO5S. The predicted molar refractivity (Wildman–Crippen MR) is 109 cm³/mol. The molecule has 0 saturated carbocycles. The lowest BCUT2D eigenvalue weighted by molar-refractivity contribution is 0.0450. The van der Waals surface area contributed by atoms with Gasteiger partial charge in [-0.2, -0.15) is 0 Å². The molecule has 29 heavy (non-hydrogen) atoms. The second-order valence-electron chi connectivity index (χ2n) is 6.14. The molecular weight excluding hydrogens is 390 g/mol. The number of ether oxygens (including phenoxy) is 2. The van der Waals surface area contributed by atoms with E-state index in [0.29, 0.717) is 5.75 Å². The molecule has 1 N–H and O–H groups in total. The molecule has 0 aliphatic rings. The molecule has 0 amide bonds. The molecule has 0 bridgehead atoms. The minimum Gasteiger partial charge on any atom is -0.490 e. The summed E-state index contributed by atoms with van der Waals surface area (Å²) < 4.78 is 38.2. The van der Waals surface area contributed by atoms with Gasteiger partial charge in [0.1, 0.15) is 19.0 Å². The van der Waals surface area contributed by atoms with Crippen LogP contribution in [0.25, 0.3) is 0 Å². The molecule has 0 aliphatic carbocycles. The molecule has 0 aliphatic heterocycles. The summed E-state index contributed by atoms with van der Waals surface area (Å²) >= 11 is 0. The zero-order chi connectivity index (χ0) is 20.5. The van der Waals surface area contributed by atoms with Gasteiger partial charge >= 0.3 is 5.97 Å². The van der Waals surface area contributed by atoms with Crippen molar-refractivity contribution in [2.75, 3.05) is 13.2 Å². The van der Waals surface area contributed by atoms with Gasteiger partial charge in [0.05, 0.1) is 10.5 Å². The van der Waals surface area contributed by atoms with Gasteiger partial charge in [-0.1, -0.05) is 54.6 Å². The molecule has 0 atom stereocenters. The first-order chi connectivity index (χ1) is 14.0. The Morgan fingerprint density at radius 2 is 1.52 bits per heavy atom. The van der Waals surface area contributed by atoms with Crippen LogP contribution in [0.2, 0.25) is 0 Å². The molecule has 0 fully saturated rings. The molecule has 150 valence electrons. The van der Waals surface area contributed by atoms with Gasteiger partial charge in [0.2, 0.25) is 10.0 Å². The Labute approximate surface area is 170 Å². The largest absolute Gasteiger partial charge is 0.490 e. The van der Waals surface area contributed by atoms with E-state index in [1.165, 1.54) is 24.3 Å². The van der Waals surface area contributed by atoms with Crippen LogP contribution in [0.5, 0.6) is 5.75 Å². The molecule has 0 saturated heterocycles. The third kappa shape index (κ3) is 6.17. The van der Waals surface area contributed by atoms with Crippen molar-refractivity contribution >= 4 is 16.0 Å². The Hall–Kier alpha value is -3.16. The third-order valence-corrected chi connectivity index (χ3v) is 5.42. The van der Waals surface area contributed by atoms with Gasteiger partial charge in [-0.05, 0) is 35.9 Å². The number of hydrogen-bond acceptors (Lipinski definition) is 5. The minimum atomic E-state index is -3.76. The summed E-state index contributed by atoms with van der Waals surface area (Å²) in [5.41, 5.74) is 0.998. The fraction of sp³-hybridized carbons (Fsp3) is 0.136. The quantitative estimate of drug-likeness (QED) is 0.431. The van der Waals surface area contributed by atoms with Crippen LogP contribution in [0.15, 0.2) is 89.8 Å². The molecule has 6 nitrogen and oxygen atoms in total. The van der Waals surface area contributed by atoms with Gasteiger partial charge in [-0.15, -0.1) is 0 Å². The van der Waals surface area contributed by atoms with Gasteiger partial charge in [0, 0.05) is 6.54 Å². The number of carbonyl (C=O) groups excluding carboxylic acids is 1. The highest BCUT2D eigenvalue weighted by molar-refractivity contribution is 7.89. The molecule has 7 heteroatoms. The van der Waals surface area contributed by atoms with Crippen LogP contribution in [0.4, 0.5) is 0 Å². The predicted octanol–water partition coefficient (Wildman–Crippen LogP) is 3.40. The first-order valence-corrected chi connectivity index (χ1v) is 10.5. The van der Waals surface area contributed by atoms with Crippen molar-refractivity contribution < 1.29 is 22.7 Å². The first kappa shape index (κ1) is 20.6. The monoisotopic (exact) mass is 411 g/mol. The highest BCUT2D eigenvalue weighted by Crippen LogP contribution is 2.14. The van der Waals surface area contributed by atoms with Crippen LogP contribution in [0.3, 0.4) is 0 Å². The Kier molecular flexibility index (Phi) is 6.99. The van der Waals surface area contributed by atoms with E-state index in [2.05, 4.69) is 4.72 Å².